The second-order valence-corrected chi connectivity index (χ2v) is 11.2. The number of carboxylic acids is 1. The molecule has 200 valence electrons. The van der Waals surface area contributed by atoms with Crippen LogP contribution in [0.25, 0.3) is 0 Å². The summed E-state index contributed by atoms with van der Waals surface area (Å²) in [5, 5.41) is 10.0. The summed E-state index contributed by atoms with van der Waals surface area (Å²) in [5.41, 5.74) is 8.88. The number of fused-ring (bicyclic) bond motifs is 1. The summed E-state index contributed by atoms with van der Waals surface area (Å²) < 4.78 is 0.844. The average Bonchev–Trinajstić information content (AvgIpc) is 2.95. The Morgan fingerprint density at radius 1 is 1.03 bits per heavy atom. The van der Waals surface area contributed by atoms with Crippen LogP contribution in [0, 0.1) is 3.57 Å². The Kier molecular flexibility index (Phi) is 11.1. The summed E-state index contributed by atoms with van der Waals surface area (Å²) in [6, 6.07) is 15.8. The van der Waals surface area contributed by atoms with E-state index in [2.05, 4.69) is 22.6 Å². The van der Waals surface area contributed by atoms with Gasteiger partial charge in [-0.25, -0.2) is 0 Å². The van der Waals surface area contributed by atoms with Crippen molar-refractivity contribution < 1.29 is 19.5 Å². The summed E-state index contributed by atoms with van der Waals surface area (Å²) in [5.74, 6) is -1.51. The molecule has 0 aromatic heterocycles. The number of aliphatic carboxylic acids is 1. The Hall–Kier alpha value is -1.82. The fourth-order valence-electron chi connectivity index (χ4n) is 4.76. The molecule has 0 radical (unpaired) electrons. The van der Waals surface area contributed by atoms with Crippen LogP contribution in [0.3, 0.4) is 0 Å². The van der Waals surface area contributed by atoms with E-state index in [1.807, 2.05) is 13.0 Å². The molecule has 7 nitrogen and oxygen atoms in total. The van der Waals surface area contributed by atoms with Crippen LogP contribution in [-0.2, 0) is 9.59 Å². The van der Waals surface area contributed by atoms with Crippen molar-refractivity contribution in [3.63, 3.8) is 0 Å². The molecule has 39 heavy (non-hydrogen) atoms. The van der Waals surface area contributed by atoms with Crippen LogP contribution >= 0.6 is 45.8 Å². The van der Waals surface area contributed by atoms with E-state index in [1.54, 1.807) is 64.4 Å². The Balaban J connectivity index is 0.00000420. The van der Waals surface area contributed by atoms with Crippen molar-refractivity contribution in [3.8, 4) is 0 Å². The third-order valence-electron chi connectivity index (χ3n) is 6.62. The Bertz CT molecular complexity index is 1390. The van der Waals surface area contributed by atoms with Crippen molar-refractivity contribution in [1.82, 2.24) is 4.90 Å². The third kappa shape index (κ3) is 7.10. The molecule has 11 heteroatoms. The third-order valence-corrected chi connectivity index (χ3v) is 7.77. The van der Waals surface area contributed by atoms with Crippen LogP contribution in [-0.4, -0.2) is 63.9 Å². The number of anilines is 2. The average molecular weight is 690 g/mol. The normalized spacial score (nSPS) is 15.8. The molecule has 2 unspecified atom stereocenters. The summed E-state index contributed by atoms with van der Waals surface area (Å²) in [7, 11) is 0. The molecule has 0 saturated heterocycles. The Labute approximate surface area is 273 Å². The van der Waals surface area contributed by atoms with Gasteiger partial charge in [0.2, 0.25) is 0 Å². The standard InChI is InChI=1S/C28H26Cl2IN3O4.Na.H/c1-16(21-11-9-19(30)14-23(21)32)34-26(17-5-7-18(29)8-6-17)28(38)33(13-3-2-4-25(35)36)24-12-10-20(31)15-22(24)27(34)37;;/h5-12,14-16,26H,2-4,13,32H2,1H3,(H,35,36);;. The molecule has 0 spiro atoms. The molecule has 3 aromatic carbocycles. The van der Waals surface area contributed by atoms with E-state index in [9.17, 15) is 14.4 Å². The first-order chi connectivity index (χ1) is 18.1. The van der Waals surface area contributed by atoms with Crippen LogP contribution in [0.2, 0.25) is 10.0 Å². The number of benzene rings is 3. The summed E-state index contributed by atoms with van der Waals surface area (Å²) >= 11 is 14.4. The molecule has 2 amide bonds. The van der Waals surface area contributed by atoms with Crippen LogP contribution in [0.4, 0.5) is 11.4 Å². The fourth-order valence-corrected chi connectivity index (χ4v) is 5.55. The van der Waals surface area contributed by atoms with Crippen molar-refractivity contribution in [1.29, 1.82) is 0 Å². The Morgan fingerprint density at radius 2 is 1.69 bits per heavy atom. The van der Waals surface area contributed by atoms with Gasteiger partial charge in [0.05, 0.1) is 17.3 Å². The first-order valence-electron chi connectivity index (χ1n) is 12.0. The van der Waals surface area contributed by atoms with Gasteiger partial charge in [-0.15, -0.1) is 0 Å². The zero-order chi connectivity index (χ0) is 27.6. The molecule has 1 aliphatic heterocycles. The van der Waals surface area contributed by atoms with Crippen LogP contribution < -0.4 is 10.6 Å². The van der Waals surface area contributed by atoms with E-state index in [-0.39, 0.29) is 54.3 Å². The molecular weight excluding hydrogens is 663 g/mol. The van der Waals surface area contributed by atoms with E-state index in [4.69, 9.17) is 34.0 Å². The number of hydrogen-bond donors (Lipinski definition) is 2. The van der Waals surface area contributed by atoms with E-state index < -0.39 is 18.1 Å². The van der Waals surface area contributed by atoms with Gasteiger partial charge in [-0.1, -0.05) is 41.4 Å². The molecule has 0 saturated carbocycles. The molecule has 3 N–H and O–H groups in total. The molecule has 3 aromatic rings. The SMILES string of the molecule is CC(c1ccc(Cl)cc1N)N1C(=O)c2cc(I)ccc2N(CCCCC(=O)O)C(=O)C1c1ccc(Cl)cc1.[NaH]. The number of unbranched alkanes of at least 4 members (excludes halogenated alkanes) is 1. The zero-order valence-corrected chi connectivity index (χ0v) is 24.2. The van der Waals surface area contributed by atoms with Gasteiger partial charge in [-0.05, 0) is 95.9 Å². The number of hydrogen-bond acceptors (Lipinski definition) is 4. The van der Waals surface area contributed by atoms with Crippen LogP contribution in [0.5, 0.6) is 0 Å². The minimum atomic E-state index is -0.977. The first kappa shape index (κ1) is 31.7. The van der Waals surface area contributed by atoms with Crippen LogP contribution in [0.15, 0.2) is 60.7 Å². The number of amides is 2. The summed E-state index contributed by atoms with van der Waals surface area (Å²) in [6.45, 7) is 2.10. The summed E-state index contributed by atoms with van der Waals surface area (Å²) in [6.07, 6.45) is 0.866. The number of carboxylic acid groups (broad SMARTS) is 1. The fraction of sp³-hybridized carbons (Fsp3) is 0.250. The van der Waals surface area contributed by atoms with E-state index in [1.165, 1.54) is 0 Å². The molecule has 4 rings (SSSR count). The zero-order valence-electron chi connectivity index (χ0n) is 20.5. The number of carbonyl (C=O) groups is 3. The number of carbonyl (C=O) groups excluding carboxylic acids is 2. The number of nitrogens with zero attached hydrogens (tertiary/aromatic N) is 2. The number of rotatable bonds is 8. The number of nitrogen functional groups attached to an aromatic ring is 1. The second kappa shape index (κ2) is 13.7. The van der Waals surface area contributed by atoms with E-state index in [0.29, 0.717) is 51.0 Å². The monoisotopic (exact) mass is 689 g/mol. The maximum absolute atomic E-state index is 14.4. The molecule has 0 fully saturated rings. The van der Waals surface area contributed by atoms with Crippen molar-refractivity contribution in [2.45, 2.75) is 38.3 Å². The van der Waals surface area contributed by atoms with E-state index >= 15 is 0 Å². The molecule has 0 bridgehead atoms. The number of halogens is 3. The number of nitrogens with two attached hydrogens (primary N) is 1. The topological polar surface area (TPSA) is 104 Å². The van der Waals surface area contributed by atoms with Crippen molar-refractivity contribution in [3.05, 3.63) is 91.0 Å². The quantitative estimate of drug-likeness (QED) is 0.129. The Morgan fingerprint density at radius 3 is 2.33 bits per heavy atom. The van der Waals surface area contributed by atoms with Crippen LogP contribution in [0.1, 0.15) is 59.8 Å². The van der Waals surface area contributed by atoms with Gasteiger partial charge < -0.3 is 20.6 Å². The van der Waals surface area contributed by atoms with Gasteiger partial charge in [0.1, 0.15) is 6.04 Å². The van der Waals surface area contributed by atoms with E-state index in [0.717, 1.165) is 3.57 Å². The molecule has 1 heterocycles. The van der Waals surface area contributed by atoms with Gasteiger partial charge in [0.15, 0.2) is 0 Å². The predicted octanol–water partition coefficient (Wildman–Crippen LogP) is 6.08. The molecule has 2 atom stereocenters. The molecule has 1 aliphatic rings. The van der Waals surface area contributed by atoms with Crippen molar-refractivity contribution in [2.24, 2.45) is 0 Å². The van der Waals surface area contributed by atoms with Crippen molar-refractivity contribution >= 4 is 105 Å². The first-order valence-corrected chi connectivity index (χ1v) is 13.9. The van der Waals surface area contributed by atoms with Gasteiger partial charge in [-0.3, -0.25) is 14.4 Å². The molecular formula is C28H27Cl2IN3NaO4. The second-order valence-electron chi connectivity index (χ2n) is 9.12. The van der Waals surface area contributed by atoms with Gasteiger partial charge in [-0.2, -0.15) is 0 Å². The van der Waals surface area contributed by atoms with Gasteiger partial charge in [0.25, 0.3) is 11.8 Å². The maximum atomic E-state index is 14.4. The van der Waals surface area contributed by atoms with Gasteiger partial charge >= 0.3 is 35.5 Å². The predicted molar refractivity (Wildman–Crippen MR) is 165 cm³/mol. The molecule has 0 aliphatic carbocycles. The summed E-state index contributed by atoms with van der Waals surface area (Å²) in [4.78, 5) is 42.9. The van der Waals surface area contributed by atoms with Gasteiger partial charge in [0, 0.05) is 32.3 Å². The van der Waals surface area contributed by atoms with Crippen molar-refractivity contribution in [2.75, 3.05) is 17.2 Å². The minimum absolute atomic E-state index is 0.